The second-order valence-electron chi connectivity index (χ2n) is 6.59. The summed E-state index contributed by atoms with van der Waals surface area (Å²) >= 11 is 0. The van der Waals surface area contributed by atoms with Gasteiger partial charge in [0.15, 0.2) is 5.69 Å². The molecule has 0 unspecified atom stereocenters. The fraction of sp³-hybridized carbons (Fsp3) is 0.474. The molecule has 0 spiro atoms. The molecule has 1 aromatic heterocycles. The fourth-order valence-corrected chi connectivity index (χ4v) is 3.17. The molecule has 1 fully saturated rings. The number of carbonyl (C=O) groups is 2. The van der Waals surface area contributed by atoms with Crippen molar-refractivity contribution in [3.8, 4) is 0 Å². The van der Waals surface area contributed by atoms with Crippen molar-refractivity contribution >= 4 is 11.8 Å². The van der Waals surface area contributed by atoms with Gasteiger partial charge in [-0.25, -0.2) is 0 Å². The Bertz CT molecular complexity index is 727. The summed E-state index contributed by atoms with van der Waals surface area (Å²) in [6.07, 6.45) is 5.56. The molecular weight excluding hydrogens is 330 g/mol. The van der Waals surface area contributed by atoms with Crippen molar-refractivity contribution < 1.29 is 9.59 Å². The van der Waals surface area contributed by atoms with Gasteiger partial charge in [-0.2, -0.15) is 15.4 Å². The maximum Gasteiger partial charge on any atom is 0.276 e. The minimum absolute atomic E-state index is 0.0303. The number of rotatable bonds is 5. The maximum atomic E-state index is 12.8. The average Bonchev–Trinajstić information content (AvgIpc) is 3.10. The van der Waals surface area contributed by atoms with Crippen LogP contribution in [0.15, 0.2) is 30.5 Å². The minimum atomic E-state index is -0.145. The van der Waals surface area contributed by atoms with Gasteiger partial charge in [0.2, 0.25) is 0 Å². The summed E-state index contributed by atoms with van der Waals surface area (Å²) in [5.74, 6) is -0.115. The van der Waals surface area contributed by atoms with E-state index in [9.17, 15) is 9.59 Å². The van der Waals surface area contributed by atoms with Crippen LogP contribution in [0.2, 0.25) is 0 Å². The Morgan fingerprint density at radius 1 is 1.04 bits per heavy atom. The van der Waals surface area contributed by atoms with Gasteiger partial charge in [-0.05, 0) is 37.0 Å². The Kier molecular flexibility index (Phi) is 5.99. The Balaban J connectivity index is 1.59. The van der Waals surface area contributed by atoms with Crippen LogP contribution in [0.25, 0.3) is 0 Å². The highest BCUT2D eigenvalue weighted by Crippen LogP contribution is 2.13. The molecule has 1 aliphatic rings. The molecule has 7 nitrogen and oxygen atoms in total. The second-order valence-corrected chi connectivity index (χ2v) is 6.59. The van der Waals surface area contributed by atoms with Gasteiger partial charge in [0.1, 0.15) is 0 Å². The number of aryl methyl sites for hydroxylation is 1. The van der Waals surface area contributed by atoms with Gasteiger partial charge >= 0.3 is 0 Å². The number of nitrogens with one attached hydrogen (secondary N) is 1. The highest BCUT2D eigenvalue weighted by molar-refractivity contribution is 5.94. The van der Waals surface area contributed by atoms with E-state index < -0.39 is 0 Å². The minimum Gasteiger partial charge on any atom is -0.337 e. The van der Waals surface area contributed by atoms with Crippen LogP contribution in [0.5, 0.6) is 0 Å². The first-order chi connectivity index (χ1) is 12.7. The molecule has 0 atom stereocenters. The summed E-state index contributed by atoms with van der Waals surface area (Å²) in [5, 5.41) is 9.99. The topological polar surface area (TPSA) is 82.2 Å². The third-order valence-corrected chi connectivity index (χ3v) is 4.72. The zero-order valence-corrected chi connectivity index (χ0v) is 15.1. The zero-order valence-electron chi connectivity index (χ0n) is 15.1. The molecule has 1 aliphatic heterocycles. The first-order valence-electron chi connectivity index (χ1n) is 9.22. The maximum absolute atomic E-state index is 12.8. The van der Waals surface area contributed by atoms with Crippen LogP contribution in [0.1, 0.15) is 52.6 Å². The Hall–Kier alpha value is -2.70. The van der Waals surface area contributed by atoms with Crippen molar-refractivity contribution in [1.29, 1.82) is 0 Å². The lowest BCUT2D eigenvalue weighted by atomic mass is 10.1. The van der Waals surface area contributed by atoms with E-state index in [1.165, 1.54) is 11.8 Å². The van der Waals surface area contributed by atoms with Gasteiger partial charge in [-0.1, -0.05) is 25.5 Å². The predicted octanol–water partition coefficient (Wildman–Crippen LogP) is 2.14. The Morgan fingerprint density at radius 2 is 1.73 bits per heavy atom. The van der Waals surface area contributed by atoms with Crippen molar-refractivity contribution in [2.75, 3.05) is 26.2 Å². The van der Waals surface area contributed by atoms with Crippen molar-refractivity contribution in [3.63, 3.8) is 0 Å². The van der Waals surface area contributed by atoms with Gasteiger partial charge in [0.25, 0.3) is 11.8 Å². The van der Waals surface area contributed by atoms with E-state index in [0.717, 1.165) is 25.7 Å². The monoisotopic (exact) mass is 355 g/mol. The standard InChI is InChI=1S/C19H25N5O2/c1-2-3-5-15-6-8-16(9-7-15)18(25)23-10-4-11-24(13-12-23)19(26)17-14-20-22-21-17/h6-9,14H,2-5,10-13H2,1H3,(H,20,21,22). The SMILES string of the molecule is CCCCc1ccc(C(=O)N2CCCN(C(=O)c3cn[nH]n3)CC2)cc1. The number of nitrogens with zero attached hydrogens (tertiary/aromatic N) is 4. The van der Waals surface area contributed by atoms with E-state index in [0.29, 0.717) is 37.4 Å². The van der Waals surface area contributed by atoms with Gasteiger partial charge in [0, 0.05) is 31.7 Å². The summed E-state index contributed by atoms with van der Waals surface area (Å²) in [6.45, 7) is 4.48. The molecule has 7 heteroatoms. The lowest BCUT2D eigenvalue weighted by Crippen LogP contribution is -2.37. The summed E-state index contributed by atoms with van der Waals surface area (Å²) in [4.78, 5) is 28.7. The predicted molar refractivity (Wildman–Crippen MR) is 97.9 cm³/mol. The molecule has 1 aromatic carbocycles. The van der Waals surface area contributed by atoms with E-state index in [-0.39, 0.29) is 11.8 Å². The largest absolute Gasteiger partial charge is 0.337 e. The third-order valence-electron chi connectivity index (χ3n) is 4.72. The van der Waals surface area contributed by atoms with Gasteiger partial charge in [-0.15, -0.1) is 0 Å². The summed E-state index contributed by atoms with van der Waals surface area (Å²) in [6, 6.07) is 7.91. The molecule has 3 rings (SSSR count). The number of hydrogen-bond acceptors (Lipinski definition) is 4. The molecule has 0 radical (unpaired) electrons. The molecule has 1 saturated heterocycles. The van der Waals surface area contributed by atoms with Gasteiger partial charge in [-0.3, -0.25) is 9.59 Å². The molecule has 26 heavy (non-hydrogen) atoms. The van der Waals surface area contributed by atoms with Crippen LogP contribution in [0.3, 0.4) is 0 Å². The van der Waals surface area contributed by atoms with E-state index in [2.05, 4.69) is 22.3 Å². The number of aromatic nitrogens is 3. The molecule has 2 aromatic rings. The van der Waals surface area contributed by atoms with Crippen molar-refractivity contribution in [3.05, 3.63) is 47.3 Å². The highest BCUT2D eigenvalue weighted by Gasteiger charge is 2.24. The van der Waals surface area contributed by atoms with Crippen LogP contribution in [-0.2, 0) is 6.42 Å². The summed E-state index contributed by atoms with van der Waals surface area (Å²) in [7, 11) is 0. The zero-order chi connectivity index (χ0) is 18.4. The number of amides is 2. The smallest absolute Gasteiger partial charge is 0.276 e. The van der Waals surface area contributed by atoms with E-state index >= 15 is 0 Å². The van der Waals surface area contributed by atoms with Crippen LogP contribution >= 0.6 is 0 Å². The van der Waals surface area contributed by atoms with Crippen molar-refractivity contribution in [1.82, 2.24) is 25.2 Å². The number of carbonyl (C=O) groups excluding carboxylic acids is 2. The molecule has 2 amide bonds. The van der Waals surface area contributed by atoms with Crippen LogP contribution < -0.4 is 0 Å². The molecular formula is C19H25N5O2. The molecule has 0 bridgehead atoms. The summed E-state index contributed by atoms with van der Waals surface area (Å²) < 4.78 is 0. The number of unbranched alkanes of at least 4 members (excludes halogenated alkanes) is 1. The van der Waals surface area contributed by atoms with Crippen LogP contribution in [0, 0.1) is 0 Å². The van der Waals surface area contributed by atoms with E-state index in [1.807, 2.05) is 29.2 Å². The first kappa shape index (κ1) is 18.1. The first-order valence-corrected chi connectivity index (χ1v) is 9.22. The molecule has 0 saturated carbocycles. The number of hydrogen-bond donors (Lipinski definition) is 1. The van der Waals surface area contributed by atoms with Crippen LogP contribution in [0.4, 0.5) is 0 Å². The van der Waals surface area contributed by atoms with Crippen LogP contribution in [-0.4, -0.2) is 63.2 Å². The van der Waals surface area contributed by atoms with Gasteiger partial charge in [0.05, 0.1) is 6.20 Å². The number of benzene rings is 1. The molecule has 0 aliphatic carbocycles. The normalized spacial score (nSPS) is 15.0. The second kappa shape index (κ2) is 8.60. The third kappa shape index (κ3) is 4.28. The summed E-state index contributed by atoms with van der Waals surface area (Å²) in [5.41, 5.74) is 2.29. The quantitative estimate of drug-likeness (QED) is 0.891. The average molecular weight is 355 g/mol. The fourth-order valence-electron chi connectivity index (χ4n) is 3.17. The lowest BCUT2D eigenvalue weighted by Gasteiger charge is -2.21. The Morgan fingerprint density at radius 3 is 2.35 bits per heavy atom. The van der Waals surface area contributed by atoms with E-state index in [4.69, 9.17) is 0 Å². The number of H-pyrrole nitrogens is 1. The molecule has 2 heterocycles. The lowest BCUT2D eigenvalue weighted by molar-refractivity contribution is 0.0715. The Labute approximate surface area is 153 Å². The molecule has 1 N–H and O–H groups in total. The number of aromatic amines is 1. The van der Waals surface area contributed by atoms with Crippen molar-refractivity contribution in [2.24, 2.45) is 0 Å². The van der Waals surface area contributed by atoms with Gasteiger partial charge < -0.3 is 9.80 Å². The van der Waals surface area contributed by atoms with E-state index in [1.54, 1.807) is 4.90 Å². The molecule has 138 valence electrons. The highest BCUT2D eigenvalue weighted by atomic mass is 16.2. The van der Waals surface area contributed by atoms with Crippen molar-refractivity contribution in [2.45, 2.75) is 32.6 Å².